The largest absolute Gasteiger partial charge is 0.508 e. The zero-order chi connectivity index (χ0) is 10.3. The Morgan fingerprint density at radius 2 is 1.77 bits per heavy atom. The number of hydrogen-bond acceptors (Lipinski definition) is 2. The van der Waals surface area contributed by atoms with E-state index >= 15 is 0 Å². The van der Waals surface area contributed by atoms with Crippen LogP contribution < -0.4 is 0 Å². The van der Waals surface area contributed by atoms with E-state index in [1.54, 1.807) is 12.1 Å². The second-order valence-corrected chi connectivity index (χ2v) is 2.38. The van der Waals surface area contributed by atoms with Gasteiger partial charge in [-0.15, -0.1) is 0 Å². The molecule has 1 aromatic carbocycles. The van der Waals surface area contributed by atoms with E-state index < -0.39 is 5.97 Å². The van der Waals surface area contributed by atoms with Gasteiger partial charge in [-0.1, -0.05) is 24.3 Å². The summed E-state index contributed by atoms with van der Waals surface area (Å²) >= 11 is 0. The molecule has 3 heteroatoms. The zero-order valence-corrected chi connectivity index (χ0v) is 7.40. The number of rotatable bonds is 1. The summed E-state index contributed by atoms with van der Waals surface area (Å²) in [4.78, 5) is 9.25. The first kappa shape index (κ1) is 11.2. The van der Waals surface area contributed by atoms with Gasteiger partial charge in [0.2, 0.25) is 0 Å². The van der Waals surface area contributed by atoms with Crippen molar-refractivity contribution in [3.8, 4) is 5.75 Å². The lowest BCUT2D eigenvalue weighted by Gasteiger charge is -1.89. The molecule has 1 aromatic rings. The highest BCUT2D eigenvalue weighted by Gasteiger charge is 1.82. The third-order valence-corrected chi connectivity index (χ3v) is 1.21. The Balaban J connectivity index is 0.000000252. The van der Waals surface area contributed by atoms with Gasteiger partial charge in [0, 0.05) is 6.08 Å². The fourth-order valence-electron chi connectivity index (χ4n) is 0.545. The molecule has 0 atom stereocenters. The maximum atomic E-state index is 9.25. The Morgan fingerprint density at radius 1 is 1.38 bits per heavy atom. The average Bonchev–Trinajstić information content (AvgIpc) is 2.11. The standard InChI is InChI=1S/C7H8O.C3H4O2/c1-6-2-4-7(8)5-3-6;1-2-3(4)5/h2-5,8H,1H3;2H,1H2,(H,4,5). The number of aromatic hydroxyl groups is 1. The monoisotopic (exact) mass is 180 g/mol. The topological polar surface area (TPSA) is 57.5 Å². The fourth-order valence-corrected chi connectivity index (χ4v) is 0.545. The molecule has 70 valence electrons. The lowest BCUT2D eigenvalue weighted by Crippen LogP contribution is -1.82. The minimum Gasteiger partial charge on any atom is -0.508 e. The second kappa shape index (κ2) is 5.83. The Morgan fingerprint density at radius 3 is 2.00 bits per heavy atom. The van der Waals surface area contributed by atoms with Crippen LogP contribution >= 0.6 is 0 Å². The predicted molar refractivity (Wildman–Crippen MR) is 50.7 cm³/mol. The molecule has 0 aliphatic heterocycles. The molecule has 0 aliphatic carbocycles. The number of carboxylic acid groups (broad SMARTS) is 1. The van der Waals surface area contributed by atoms with Crippen LogP contribution in [0.4, 0.5) is 0 Å². The molecule has 0 bridgehead atoms. The lowest BCUT2D eigenvalue weighted by molar-refractivity contribution is -0.131. The molecule has 0 spiro atoms. The minimum atomic E-state index is -0.981. The van der Waals surface area contributed by atoms with E-state index in [-0.39, 0.29) is 0 Å². The summed E-state index contributed by atoms with van der Waals surface area (Å²) in [5.41, 5.74) is 1.17. The van der Waals surface area contributed by atoms with Crippen LogP contribution in [-0.2, 0) is 4.79 Å². The van der Waals surface area contributed by atoms with Gasteiger partial charge in [0.25, 0.3) is 0 Å². The summed E-state index contributed by atoms with van der Waals surface area (Å²) in [6, 6.07) is 7.09. The second-order valence-electron chi connectivity index (χ2n) is 2.38. The van der Waals surface area contributed by atoms with Crippen molar-refractivity contribution in [2.75, 3.05) is 0 Å². The van der Waals surface area contributed by atoms with E-state index in [1.165, 1.54) is 5.56 Å². The number of benzene rings is 1. The van der Waals surface area contributed by atoms with E-state index in [9.17, 15) is 4.79 Å². The van der Waals surface area contributed by atoms with Crippen molar-refractivity contribution in [2.45, 2.75) is 6.92 Å². The number of phenols is 1. The van der Waals surface area contributed by atoms with Gasteiger partial charge in [-0.2, -0.15) is 0 Å². The van der Waals surface area contributed by atoms with Crippen molar-refractivity contribution in [2.24, 2.45) is 0 Å². The highest BCUT2D eigenvalue weighted by molar-refractivity contribution is 5.78. The maximum absolute atomic E-state index is 9.25. The van der Waals surface area contributed by atoms with Crippen LogP contribution in [-0.4, -0.2) is 16.2 Å². The van der Waals surface area contributed by atoms with Gasteiger partial charge in [-0.25, -0.2) is 4.79 Å². The lowest BCUT2D eigenvalue weighted by atomic mass is 10.2. The molecule has 2 N–H and O–H groups in total. The Kier molecular flexibility index (Phi) is 5.03. The Labute approximate surface area is 77.0 Å². The molecule has 1 rings (SSSR count). The predicted octanol–water partition coefficient (Wildman–Crippen LogP) is 1.96. The summed E-state index contributed by atoms with van der Waals surface area (Å²) in [5.74, 6) is -0.652. The van der Waals surface area contributed by atoms with Crippen LogP contribution in [0.15, 0.2) is 36.9 Å². The fraction of sp³-hybridized carbons (Fsp3) is 0.100. The van der Waals surface area contributed by atoms with Crippen molar-refractivity contribution in [1.29, 1.82) is 0 Å². The molecule has 0 fully saturated rings. The SMILES string of the molecule is C=CC(=O)O.Cc1ccc(O)cc1. The van der Waals surface area contributed by atoms with Crippen LogP contribution in [0.1, 0.15) is 5.56 Å². The molecule has 0 amide bonds. The number of phenolic OH excluding ortho intramolecular Hbond substituents is 1. The minimum absolute atomic E-state index is 0.329. The van der Waals surface area contributed by atoms with Gasteiger partial charge >= 0.3 is 5.97 Å². The van der Waals surface area contributed by atoms with E-state index in [0.717, 1.165) is 6.08 Å². The molecule has 3 nitrogen and oxygen atoms in total. The molecule has 0 radical (unpaired) electrons. The normalized spacial score (nSPS) is 8.08. The molecule has 13 heavy (non-hydrogen) atoms. The van der Waals surface area contributed by atoms with Crippen LogP contribution in [0, 0.1) is 6.92 Å². The maximum Gasteiger partial charge on any atom is 0.327 e. The quantitative estimate of drug-likeness (QED) is 0.649. The summed E-state index contributed by atoms with van der Waals surface area (Å²) in [5, 5.41) is 16.4. The summed E-state index contributed by atoms with van der Waals surface area (Å²) < 4.78 is 0. The number of hydrogen-bond donors (Lipinski definition) is 2. The summed E-state index contributed by atoms with van der Waals surface area (Å²) in [6.07, 6.45) is 0.833. The zero-order valence-electron chi connectivity index (χ0n) is 7.40. The molecular formula is C10H12O3. The van der Waals surface area contributed by atoms with Crippen LogP contribution in [0.25, 0.3) is 0 Å². The van der Waals surface area contributed by atoms with Gasteiger partial charge in [-0.3, -0.25) is 0 Å². The van der Waals surface area contributed by atoms with Crippen LogP contribution in [0.3, 0.4) is 0 Å². The average molecular weight is 180 g/mol. The number of carbonyl (C=O) groups is 1. The molecule has 0 aliphatic rings. The highest BCUT2D eigenvalue weighted by Crippen LogP contribution is 2.07. The van der Waals surface area contributed by atoms with Gasteiger partial charge in [0.1, 0.15) is 5.75 Å². The van der Waals surface area contributed by atoms with Gasteiger partial charge in [0.05, 0.1) is 0 Å². The van der Waals surface area contributed by atoms with Gasteiger partial charge in [-0.05, 0) is 19.1 Å². The van der Waals surface area contributed by atoms with Crippen molar-refractivity contribution >= 4 is 5.97 Å². The van der Waals surface area contributed by atoms with Crippen LogP contribution in [0.2, 0.25) is 0 Å². The van der Waals surface area contributed by atoms with Crippen molar-refractivity contribution in [3.05, 3.63) is 42.5 Å². The molecule has 0 saturated carbocycles. The molecule has 0 heterocycles. The third-order valence-electron chi connectivity index (χ3n) is 1.21. The first-order valence-corrected chi connectivity index (χ1v) is 3.67. The van der Waals surface area contributed by atoms with Crippen molar-refractivity contribution < 1.29 is 15.0 Å². The van der Waals surface area contributed by atoms with Gasteiger partial charge < -0.3 is 10.2 Å². The Bertz CT molecular complexity index is 254. The number of carboxylic acids is 1. The molecule has 0 aromatic heterocycles. The van der Waals surface area contributed by atoms with E-state index in [1.807, 2.05) is 19.1 Å². The third kappa shape index (κ3) is 6.62. The first-order chi connectivity index (χ1) is 6.06. The molecule has 0 saturated heterocycles. The first-order valence-electron chi connectivity index (χ1n) is 3.67. The van der Waals surface area contributed by atoms with Crippen molar-refractivity contribution in [3.63, 3.8) is 0 Å². The molecular weight excluding hydrogens is 168 g/mol. The summed E-state index contributed by atoms with van der Waals surface area (Å²) in [6.45, 7) is 4.95. The summed E-state index contributed by atoms with van der Waals surface area (Å²) in [7, 11) is 0. The van der Waals surface area contributed by atoms with Crippen LogP contribution in [0.5, 0.6) is 5.75 Å². The van der Waals surface area contributed by atoms with Crippen molar-refractivity contribution in [1.82, 2.24) is 0 Å². The van der Waals surface area contributed by atoms with Gasteiger partial charge in [0.15, 0.2) is 0 Å². The van der Waals surface area contributed by atoms with E-state index in [2.05, 4.69) is 6.58 Å². The number of aryl methyl sites for hydroxylation is 1. The highest BCUT2D eigenvalue weighted by atomic mass is 16.4. The van der Waals surface area contributed by atoms with E-state index in [4.69, 9.17) is 10.2 Å². The molecule has 0 unspecified atom stereocenters. The Hall–Kier alpha value is -1.77. The smallest absolute Gasteiger partial charge is 0.327 e. The number of aliphatic carboxylic acids is 1. The van der Waals surface area contributed by atoms with E-state index in [0.29, 0.717) is 5.75 Å².